The zero-order chi connectivity index (χ0) is 9.12. The van der Waals surface area contributed by atoms with Crippen molar-refractivity contribution in [3.8, 4) is 0 Å². The zero-order valence-electron chi connectivity index (χ0n) is 5.89. The molecule has 0 aliphatic rings. The normalized spacial score (nSPS) is 13.3. The average Bonchev–Trinajstić information content (AvgIpc) is 1.55. The molecule has 0 fully saturated rings. The third-order valence-corrected chi connectivity index (χ3v) is 3.37. The van der Waals surface area contributed by atoms with E-state index in [0.717, 1.165) is 0 Å². The molecule has 0 atom stereocenters. The molecule has 0 rings (SSSR count). The number of sulfonamides is 2. The van der Waals surface area contributed by atoms with Crippen LogP contribution in [0.1, 0.15) is 0 Å². The number of nitrogens with zero attached hydrogens (tertiary/aromatic N) is 1. The quantitative estimate of drug-likeness (QED) is 0.602. The molecule has 0 aliphatic carbocycles. The van der Waals surface area contributed by atoms with Gasteiger partial charge in [0.25, 0.3) is 0 Å². The van der Waals surface area contributed by atoms with Gasteiger partial charge in [0.1, 0.15) is 0 Å². The van der Waals surface area contributed by atoms with E-state index in [4.69, 9.17) is 5.73 Å². The molecule has 0 aromatic rings. The fraction of sp³-hybridized carbons (Fsp3) is 1.00. The second-order valence-corrected chi connectivity index (χ2v) is 5.52. The standard InChI is InChI=1S/C3H9N2O4S2/c1-10(6,7)5-11(8,9)3-2-4/h2-4H2,1H3/q-1. The highest BCUT2D eigenvalue weighted by molar-refractivity contribution is 8.11. The predicted molar refractivity (Wildman–Crippen MR) is 41.0 cm³/mol. The van der Waals surface area contributed by atoms with E-state index in [2.05, 4.69) is 4.13 Å². The Hall–Kier alpha value is -0.180. The van der Waals surface area contributed by atoms with Gasteiger partial charge >= 0.3 is 0 Å². The van der Waals surface area contributed by atoms with Crippen molar-refractivity contribution in [2.45, 2.75) is 0 Å². The monoisotopic (exact) mass is 201 g/mol. The molecule has 2 N–H and O–H groups in total. The minimum absolute atomic E-state index is 0.138. The topological polar surface area (TPSA) is 108 Å². The summed E-state index contributed by atoms with van der Waals surface area (Å²) in [4.78, 5) is 0. The van der Waals surface area contributed by atoms with Crippen LogP contribution in [0.3, 0.4) is 0 Å². The lowest BCUT2D eigenvalue weighted by Crippen LogP contribution is -2.16. The molecule has 0 aliphatic heterocycles. The largest absolute Gasteiger partial charge is 0.436 e. The maximum Gasteiger partial charge on any atom is 0.0842 e. The highest BCUT2D eigenvalue weighted by Crippen LogP contribution is 2.06. The SMILES string of the molecule is CS(=O)(=O)[N-]S(=O)(=O)CCN. The highest BCUT2D eigenvalue weighted by Gasteiger charge is 2.01. The summed E-state index contributed by atoms with van der Waals surface area (Å²) >= 11 is 0. The summed E-state index contributed by atoms with van der Waals surface area (Å²) in [5.41, 5.74) is 4.90. The van der Waals surface area contributed by atoms with E-state index in [-0.39, 0.29) is 6.54 Å². The van der Waals surface area contributed by atoms with Crippen LogP contribution in [0, 0.1) is 0 Å². The van der Waals surface area contributed by atoms with E-state index in [1.165, 1.54) is 0 Å². The Labute approximate surface area is 65.9 Å². The lowest BCUT2D eigenvalue weighted by Gasteiger charge is -2.15. The first kappa shape index (κ1) is 10.8. The van der Waals surface area contributed by atoms with Crippen LogP contribution in [0.15, 0.2) is 0 Å². The maximum atomic E-state index is 10.6. The van der Waals surface area contributed by atoms with Crippen LogP contribution in [0.2, 0.25) is 0 Å². The number of rotatable bonds is 4. The third-order valence-electron chi connectivity index (χ3n) is 0.625. The second kappa shape index (κ2) is 3.48. The molecular formula is C3H9N2O4S2-. The molecule has 8 heteroatoms. The summed E-state index contributed by atoms with van der Waals surface area (Å²) in [6.07, 6.45) is 0.709. The van der Waals surface area contributed by atoms with E-state index < -0.39 is 25.8 Å². The van der Waals surface area contributed by atoms with Gasteiger partial charge in [-0.05, 0) is 0 Å². The molecule has 0 saturated heterocycles. The Morgan fingerprint density at radius 2 is 1.73 bits per heavy atom. The Morgan fingerprint density at radius 1 is 1.27 bits per heavy atom. The minimum atomic E-state index is -3.88. The van der Waals surface area contributed by atoms with Crippen molar-refractivity contribution in [3.63, 3.8) is 0 Å². The number of hydrogen-bond acceptors (Lipinski definition) is 5. The fourth-order valence-corrected chi connectivity index (χ4v) is 2.64. The van der Waals surface area contributed by atoms with Crippen LogP contribution < -0.4 is 5.73 Å². The van der Waals surface area contributed by atoms with Gasteiger partial charge in [-0.1, -0.05) is 0 Å². The summed E-state index contributed by atoms with van der Waals surface area (Å²) in [5, 5.41) is 0. The van der Waals surface area contributed by atoms with Crippen LogP contribution in [0.25, 0.3) is 4.13 Å². The van der Waals surface area contributed by atoms with Gasteiger partial charge in [0.05, 0.1) is 20.0 Å². The van der Waals surface area contributed by atoms with E-state index in [1.54, 1.807) is 0 Å². The Bertz CT molecular complexity index is 302. The molecule has 0 radical (unpaired) electrons. The summed E-state index contributed by atoms with van der Waals surface area (Å²) < 4.78 is 44.5. The van der Waals surface area contributed by atoms with Gasteiger partial charge in [0, 0.05) is 18.6 Å². The lowest BCUT2D eigenvalue weighted by molar-refractivity contribution is 0.598. The van der Waals surface area contributed by atoms with Crippen LogP contribution in [-0.2, 0) is 20.0 Å². The van der Waals surface area contributed by atoms with Gasteiger partial charge in [-0.15, -0.1) is 0 Å². The summed E-state index contributed by atoms with van der Waals surface area (Å²) in [7, 11) is -7.70. The van der Waals surface area contributed by atoms with Gasteiger partial charge < -0.3 is 9.86 Å². The highest BCUT2D eigenvalue weighted by atomic mass is 32.3. The molecule has 6 nitrogen and oxygen atoms in total. The smallest absolute Gasteiger partial charge is 0.0842 e. The average molecular weight is 201 g/mol. The van der Waals surface area contributed by atoms with Gasteiger partial charge in [-0.3, -0.25) is 0 Å². The van der Waals surface area contributed by atoms with Crippen LogP contribution in [0.5, 0.6) is 0 Å². The molecule has 0 aromatic heterocycles. The van der Waals surface area contributed by atoms with Crippen molar-refractivity contribution in [2.24, 2.45) is 5.73 Å². The fourth-order valence-electron chi connectivity index (χ4n) is 0.392. The lowest BCUT2D eigenvalue weighted by atomic mass is 10.8. The van der Waals surface area contributed by atoms with Gasteiger partial charge in [0.2, 0.25) is 0 Å². The van der Waals surface area contributed by atoms with Crippen molar-refractivity contribution >= 4 is 20.0 Å². The molecule has 68 valence electrons. The van der Waals surface area contributed by atoms with Crippen LogP contribution in [-0.4, -0.2) is 35.4 Å². The first-order valence-corrected chi connectivity index (χ1v) is 6.09. The molecular weight excluding hydrogens is 192 g/mol. The van der Waals surface area contributed by atoms with Crippen molar-refractivity contribution in [3.05, 3.63) is 4.13 Å². The van der Waals surface area contributed by atoms with E-state index in [9.17, 15) is 16.8 Å². The van der Waals surface area contributed by atoms with Crippen molar-refractivity contribution < 1.29 is 16.8 Å². The molecule has 0 amide bonds. The predicted octanol–water partition coefficient (Wildman–Crippen LogP) is -1.39. The van der Waals surface area contributed by atoms with Crippen molar-refractivity contribution in [1.29, 1.82) is 0 Å². The number of hydrogen-bond donors (Lipinski definition) is 1. The Balaban J connectivity index is 4.40. The summed E-state index contributed by atoms with van der Waals surface area (Å²) in [5.74, 6) is -0.444. The molecule has 0 unspecified atom stereocenters. The third kappa shape index (κ3) is 6.23. The van der Waals surface area contributed by atoms with E-state index in [0.29, 0.717) is 6.26 Å². The molecule has 0 aromatic carbocycles. The summed E-state index contributed by atoms with van der Waals surface area (Å²) in [6.45, 7) is -0.138. The van der Waals surface area contributed by atoms with E-state index >= 15 is 0 Å². The minimum Gasteiger partial charge on any atom is -0.436 e. The summed E-state index contributed by atoms with van der Waals surface area (Å²) in [6, 6.07) is 0. The van der Waals surface area contributed by atoms with Crippen LogP contribution in [0.4, 0.5) is 0 Å². The molecule has 0 spiro atoms. The first-order valence-electron chi connectivity index (χ1n) is 2.64. The van der Waals surface area contributed by atoms with Gasteiger partial charge in [0.15, 0.2) is 0 Å². The van der Waals surface area contributed by atoms with Crippen molar-refractivity contribution in [2.75, 3.05) is 18.6 Å². The molecule has 0 bridgehead atoms. The molecule has 0 heterocycles. The first-order chi connectivity index (χ1) is 4.77. The van der Waals surface area contributed by atoms with Gasteiger partial charge in [-0.2, -0.15) is 0 Å². The van der Waals surface area contributed by atoms with Gasteiger partial charge in [-0.25, -0.2) is 16.8 Å². The van der Waals surface area contributed by atoms with Crippen LogP contribution >= 0.6 is 0 Å². The van der Waals surface area contributed by atoms with Crippen molar-refractivity contribution in [1.82, 2.24) is 0 Å². The van der Waals surface area contributed by atoms with E-state index in [1.807, 2.05) is 0 Å². The number of nitrogens with two attached hydrogens (primary N) is 1. The zero-order valence-corrected chi connectivity index (χ0v) is 7.52. The molecule has 11 heavy (non-hydrogen) atoms. The Morgan fingerprint density at radius 3 is 2.00 bits per heavy atom. The Kier molecular flexibility index (Phi) is 3.42. The second-order valence-electron chi connectivity index (χ2n) is 1.88. The maximum absolute atomic E-state index is 10.6. The molecule has 0 saturated carbocycles.